The normalized spacial score (nSPS) is 10.4. The molecule has 0 aliphatic heterocycles. The molecule has 1 aromatic heterocycles. The first-order chi connectivity index (χ1) is 12.0. The van der Waals surface area contributed by atoms with E-state index in [-0.39, 0.29) is 18.9 Å². The van der Waals surface area contributed by atoms with Crippen LogP contribution in [0.25, 0.3) is 6.08 Å². The van der Waals surface area contributed by atoms with E-state index < -0.39 is 11.8 Å². The first-order valence-electron chi connectivity index (χ1n) is 7.48. The highest BCUT2D eigenvalue weighted by molar-refractivity contribution is 9.10. The van der Waals surface area contributed by atoms with E-state index in [2.05, 4.69) is 37.1 Å². The molecule has 130 valence electrons. The molecular weight excluding hydrogens is 388 g/mol. The Labute approximate surface area is 153 Å². The molecule has 0 spiro atoms. The zero-order chi connectivity index (χ0) is 18.1. The topological polar surface area (TPSA) is 103 Å². The van der Waals surface area contributed by atoms with Gasteiger partial charge in [0.25, 0.3) is 5.91 Å². The number of nitrogens with one attached hydrogen (secondary N) is 4. The van der Waals surface area contributed by atoms with E-state index >= 15 is 0 Å². The highest BCUT2D eigenvalue weighted by atomic mass is 79.9. The Bertz CT molecular complexity index is 771. The Balaban J connectivity index is 1.64. The molecular formula is C17H17BrN4O3. The number of benzene rings is 1. The lowest BCUT2D eigenvalue weighted by atomic mass is 10.2. The van der Waals surface area contributed by atoms with Gasteiger partial charge in [0.05, 0.1) is 0 Å². The van der Waals surface area contributed by atoms with Gasteiger partial charge in [-0.25, -0.2) is 0 Å². The number of halogens is 1. The zero-order valence-corrected chi connectivity index (χ0v) is 14.8. The van der Waals surface area contributed by atoms with Gasteiger partial charge in [-0.1, -0.05) is 30.3 Å². The summed E-state index contributed by atoms with van der Waals surface area (Å²) in [5.41, 5.74) is 5.78. The summed E-state index contributed by atoms with van der Waals surface area (Å²) in [4.78, 5) is 37.7. The monoisotopic (exact) mass is 404 g/mol. The molecule has 0 saturated heterocycles. The Morgan fingerprint density at radius 1 is 1.12 bits per heavy atom. The van der Waals surface area contributed by atoms with Crippen LogP contribution in [0.5, 0.6) is 0 Å². The molecule has 25 heavy (non-hydrogen) atoms. The van der Waals surface area contributed by atoms with Crippen molar-refractivity contribution in [1.29, 1.82) is 0 Å². The minimum absolute atomic E-state index is 0.0413. The third kappa shape index (κ3) is 6.64. The quantitative estimate of drug-likeness (QED) is 0.435. The number of aromatic nitrogens is 1. The average molecular weight is 405 g/mol. The Hall–Kier alpha value is -2.87. The second kappa shape index (κ2) is 9.43. The largest absolute Gasteiger partial charge is 0.356 e. The average Bonchev–Trinajstić information content (AvgIpc) is 3.05. The summed E-state index contributed by atoms with van der Waals surface area (Å²) in [6.07, 6.45) is 4.73. The maximum atomic E-state index is 11.7. The standard InChI is InChI=1S/C17H17BrN4O3/c18-13-10-14(20-11-13)17(25)22-21-16(24)8-9-19-15(23)7-6-12-4-2-1-3-5-12/h1-7,10-11,20H,8-9H2,(H,19,23)(H,21,24)(H,22,25)/b7-6+. The van der Waals surface area contributed by atoms with Gasteiger partial charge in [0.1, 0.15) is 5.69 Å². The van der Waals surface area contributed by atoms with Crippen molar-refractivity contribution in [3.63, 3.8) is 0 Å². The molecule has 0 aliphatic rings. The van der Waals surface area contributed by atoms with Gasteiger partial charge in [-0.3, -0.25) is 25.2 Å². The molecule has 0 atom stereocenters. The van der Waals surface area contributed by atoms with Gasteiger partial charge in [0.2, 0.25) is 11.8 Å². The summed E-state index contributed by atoms with van der Waals surface area (Å²) in [5, 5.41) is 2.59. The predicted molar refractivity (Wildman–Crippen MR) is 97.2 cm³/mol. The van der Waals surface area contributed by atoms with E-state index in [4.69, 9.17) is 0 Å². The number of carbonyl (C=O) groups is 3. The second-order valence-corrected chi connectivity index (χ2v) is 5.93. The number of carbonyl (C=O) groups excluding carboxylic acids is 3. The number of amides is 3. The summed E-state index contributed by atoms with van der Waals surface area (Å²) in [5.74, 6) is -1.17. The fourth-order valence-electron chi connectivity index (χ4n) is 1.85. The molecule has 0 fully saturated rings. The van der Waals surface area contributed by atoms with Gasteiger partial charge >= 0.3 is 0 Å². The third-order valence-electron chi connectivity index (χ3n) is 3.09. The summed E-state index contributed by atoms with van der Waals surface area (Å²) in [6, 6.07) is 11.0. The molecule has 7 nitrogen and oxygen atoms in total. The second-order valence-electron chi connectivity index (χ2n) is 5.02. The number of H-pyrrole nitrogens is 1. The molecule has 1 aromatic carbocycles. The molecule has 0 unspecified atom stereocenters. The first kappa shape index (κ1) is 18.5. The highest BCUT2D eigenvalue weighted by Gasteiger charge is 2.09. The third-order valence-corrected chi connectivity index (χ3v) is 3.54. The molecule has 8 heteroatoms. The number of hydrazine groups is 1. The van der Waals surface area contributed by atoms with Gasteiger partial charge in [-0.05, 0) is 33.6 Å². The van der Waals surface area contributed by atoms with Gasteiger partial charge in [-0.15, -0.1) is 0 Å². The van der Waals surface area contributed by atoms with Crippen LogP contribution >= 0.6 is 15.9 Å². The fourth-order valence-corrected chi connectivity index (χ4v) is 2.19. The van der Waals surface area contributed by atoms with E-state index in [1.54, 1.807) is 18.3 Å². The van der Waals surface area contributed by atoms with Gasteiger partial charge in [-0.2, -0.15) is 0 Å². The number of aromatic amines is 1. The molecule has 2 rings (SSSR count). The van der Waals surface area contributed by atoms with Crippen LogP contribution in [0.15, 0.2) is 53.1 Å². The van der Waals surface area contributed by atoms with Crippen LogP contribution in [-0.2, 0) is 9.59 Å². The van der Waals surface area contributed by atoms with E-state index in [1.807, 2.05) is 30.3 Å². The lowest BCUT2D eigenvalue weighted by Crippen LogP contribution is -2.42. The smallest absolute Gasteiger partial charge is 0.286 e. The van der Waals surface area contributed by atoms with Crippen molar-refractivity contribution >= 4 is 39.7 Å². The lowest BCUT2D eigenvalue weighted by molar-refractivity contribution is -0.122. The minimum atomic E-state index is -0.464. The van der Waals surface area contributed by atoms with Crippen molar-refractivity contribution in [3.8, 4) is 0 Å². The molecule has 3 amide bonds. The molecule has 0 bridgehead atoms. The van der Waals surface area contributed by atoms with E-state index in [9.17, 15) is 14.4 Å². The van der Waals surface area contributed by atoms with Crippen molar-refractivity contribution < 1.29 is 14.4 Å². The summed E-state index contributed by atoms with van der Waals surface area (Å²) < 4.78 is 0.732. The molecule has 0 radical (unpaired) electrons. The maximum Gasteiger partial charge on any atom is 0.286 e. The fraction of sp³-hybridized carbons (Fsp3) is 0.118. The summed E-state index contributed by atoms with van der Waals surface area (Å²) >= 11 is 3.21. The first-order valence-corrected chi connectivity index (χ1v) is 8.28. The van der Waals surface area contributed by atoms with Crippen LogP contribution in [0.2, 0.25) is 0 Å². The molecule has 0 aliphatic carbocycles. The predicted octanol–water partition coefficient (Wildman–Crippen LogP) is 1.76. The Kier molecular flexibility index (Phi) is 6.97. The molecule has 2 aromatic rings. The lowest BCUT2D eigenvalue weighted by Gasteiger charge is -2.06. The SMILES string of the molecule is O=C(/C=C/c1ccccc1)NCCC(=O)NNC(=O)c1cc(Br)c[nH]1. The molecule has 4 N–H and O–H groups in total. The Morgan fingerprint density at radius 2 is 1.88 bits per heavy atom. The van der Waals surface area contributed by atoms with Crippen LogP contribution in [0, 0.1) is 0 Å². The van der Waals surface area contributed by atoms with Crippen molar-refractivity contribution in [2.24, 2.45) is 0 Å². The zero-order valence-electron chi connectivity index (χ0n) is 13.2. The molecule has 1 heterocycles. The van der Waals surface area contributed by atoms with Crippen molar-refractivity contribution in [2.75, 3.05) is 6.54 Å². The summed E-state index contributed by atoms with van der Waals surface area (Å²) in [6.45, 7) is 0.160. The van der Waals surface area contributed by atoms with Crippen LogP contribution in [0.4, 0.5) is 0 Å². The van der Waals surface area contributed by atoms with E-state index in [0.717, 1.165) is 10.0 Å². The van der Waals surface area contributed by atoms with Crippen molar-refractivity contribution in [3.05, 3.63) is 64.4 Å². The van der Waals surface area contributed by atoms with Crippen LogP contribution in [0.1, 0.15) is 22.5 Å². The summed E-state index contributed by atoms with van der Waals surface area (Å²) in [7, 11) is 0. The van der Waals surface area contributed by atoms with E-state index in [1.165, 1.54) is 6.08 Å². The maximum absolute atomic E-state index is 11.7. The van der Waals surface area contributed by atoms with Crippen LogP contribution < -0.4 is 16.2 Å². The number of hydrogen-bond donors (Lipinski definition) is 4. The number of rotatable bonds is 6. The minimum Gasteiger partial charge on any atom is -0.356 e. The van der Waals surface area contributed by atoms with Crippen LogP contribution in [0.3, 0.4) is 0 Å². The van der Waals surface area contributed by atoms with Crippen molar-refractivity contribution in [2.45, 2.75) is 6.42 Å². The van der Waals surface area contributed by atoms with Gasteiger partial charge in [0, 0.05) is 29.7 Å². The van der Waals surface area contributed by atoms with Crippen LogP contribution in [-0.4, -0.2) is 29.3 Å². The van der Waals surface area contributed by atoms with Gasteiger partial charge in [0.15, 0.2) is 0 Å². The molecule has 0 saturated carbocycles. The van der Waals surface area contributed by atoms with E-state index in [0.29, 0.717) is 5.69 Å². The van der Waals surface area contributed by atoms with Crippen molar-refractivity contribution in [1.82, 2.24) is 21.2 Å². The number of hydrogen-bond acceptors (Lipinski definition) is 3. The Morgan fingerprint density at radius 3 is 2.56 bits per heavy atom. The highest BCUT2D eigenvalue weighted by Crippen LogP contribution is 2.09. The van der Waals surface area contributed by atoms with Gasteiger partial charge < -0.3 is 10.3 Å².